The van der Waals surface area contributed by atoms with Crippen LogP contribution in [0, 0.1) is 0 Å². The second-order valence-corrected chi connectivity index (χ2v) is 4.33. The van der Waals surface area contributed by atoms with Crippen molar-refractivity contribution in [2.45, 2.75) is 0 Å². The largest absolute Gasteiger partial charge is 0.369 e. The number of aromatic nitrogens is 2. The smallest absolute Gasteiger partial charge is 0.252 e. The van der Waals surface area contributed by atoms with Crippen LogP contribution in [0.25, 0.3) is 10.6 Å². The molecular formula is C8H6ClN3OS. The molecule has 0 unspecified atom stereocenters. The van der Waals surface area contributed by atoms with E-state index in [1.54, 1.807) is 12.1 Å². The zero-order valence-electron chi connectivity index (χ0n) is 6.95. The van der Waals surface area contributed by atoms with Gasteiger partial charge in [-0.25, -0.2) is 4.98 Å². The maximum atomic E-state index is 11.1. The molecule has 3 N–H and O–H groups in total. The standard InChI is InChI=1S/C8H6ClN3OS/c9-6-2-1-5(14-6)4-3-7(13)12-8(10)11-4/h1-3H,(H3,10,11,12,13). The van der Waals surface area contributed by atoms with Crippen LogP contribution in [0.4, 0.5) is 5.95 Å². The zero-order chi connectivity index (χ0) is 10.1. The number of nitrogens with zero attached hydrogens (tertiary/aromatic N) is 1. The van der Waals surface area contributed by atoms with Gasteiger partial charge < -0.3 is 5.73 Å². The van der Waals surface area contributed by atoms with Gasteiger partial charge in [0.25, 0.3) is 5.56 Å². The highest BCUT2D eigenvalue weighted by Gasteiger charge is 2.04. The summed E-state index contributed by atoms with van der Waals surface area (Å²) in [6.45, 7) is 0. The van der Waals surface area contributed by atoms with Gasteiger partial charge >= 0.3 is 0 Å². The van der Waals surface area contributed by atoms with Crippen molar-refractivity contribution in [3.8, 4) is 10.6 Å². The van der Waals surface area contributed by atoms with Crippen molar-refractivity contribution < 1.29 is 0 Å². The number of anilines is 1. The summed E-state index contributed by atoms with van der Waals surface area (Å²) in [5.74, 6) is 0.108. The third-order valence-corrected chi connectivity index (χ3v) is 2.84. The first-order chi connectivity index (χ1) is 6.65. The molecule has 14 heavy (non-hydrogen) atoms. The van der Waals surface area contributed by atoms with E-state index in [1.165, 1.54) is 17.4 Å². The van der Waals surface area contributed by atoms with E-state index in [2.05, 4.69) is 9.97 Å². The highest BCUT2D eigenvalue weighted by Crippen LogP contribution is 2.28. The zero-order valence-corrected chi connectivity index (χ0v) is 8.52. The van der Waals surface area contributed by atoms with Gasteiger partial charge in [0.2, 0.25) is 5.95 Å². The third-order valence-electron chi connectivity index (χ3n) is 1.59. The number of hydrogen-bond acceptors (Lipinski definition) is 4. The van der Waals surface area contributed by atoms with Crippen molar-refractivity contribution >= 4 is 28.9 Å². The number of hydrogen-bond donors (Lipinski definition) is 2. The number of thiophene rings is 1. The molecule has 4 nitrogen and oxygen atoms in total. The van der Waals surface area contributed by atoms with Crippen LogP contribution >= 0.6 is 22.9 Å². The van der Waals surface area contributed by atoms with Crippen LogP contribution in [-0.2, 0) is 0 Å². The van der Waals surface area contributed by atoms with E-state index in [4.69, 9.17) is 17.3 Å². The van der Waals surface area contributed by atoms with Gasteiger partial charge in [-0.3, -0.25) is 9.78 Å². The summed E-state index contributed by atoms with van der Waals surface area (Å²) in [4.78, 5) is 18.3. The van der Waals surface area contributed by atoms with E-state index in [9.17, 15) is 4.79 Å². The molecule has 0 fully saturated rings. The monoisotopic (exact) mass is 227 g/mol. The first-order valence-corrected chi connectivity index (χ1v) is 4.97. The molecule has 0 bridgehead atoms. The van der Waals surface area contributed by atoms with Gasteiger partial charge in [-0.05, 0) is 12.1 Å². The Hall–Kier alpha value is -1.33. The summed E-state index contributed by atoms with van der Waals surface area (Å²) >= 11 is 7.12. The Labute approximate surface area is 88.4 Å². The maximum Gasteiger partial charge on any atom is 0.252 e. The molecule has 0 spiro atoms. The van der Waals surface area contributed by atoms with Crippen LogP contribution in [0.15, 0.2) is 23.0 Å². The molecule has 0 aliphatic rings. The van der Waals surface area contributed by atoms with Crippen molar-refractivity contribution in [2.75, 3.05) is 5.73 Å². The quantitative estimate of drug-likeness (QED) is 0.780. The predicted molar refractivity (Wildman–Crippen MR) is 57.6 cm³/mol. The molecule has 0 atom stereocenters. The number of nitrogens with one attached hydrogen (secondary N) is 1. The molecule has 0 saturated heterocycles. The number of nitrogen functional groups attached to an aromatic ring is 1. The maximum absolute atomic E-state index is 11.1. The Bertz CT molecular complexity index is 519. The van der Waals surface area contributed by atoms with Crippen molar-refractivity contribution in [3.05, 3.63) is 32.9 Å². The van der Waals surface area contributed by atoms with Gasteiger partial charge in [0.05, 0.1) is 14.9 Å². The van der Waals surface area contributed by atoms with Crippen LogP contribution in [-0.4, -0.2) is 9.97 Å². The lowest BCUT2D eigenvalue weighted by Gasteiger charge is -1.96. The average molecular weight is 228 g/mol. The first-order valence-electron chi connectivity index (χ1n) is 3.78. The molecule has 0 saturated carbocycles. The van der Waals surface area contributed by atoms with Crippen molar-refractivity contribution in [1.29, 1.82) is 0 Å². The Morgan fingerprint density at radius 1 is 1.50 bits per heavy atom. The van der Waals surface area contributed by atoms with E-state index in [1.807, 2.05) is 0 Å². The topological polar surface area (TPSA) is 71.8 Å². The van der Waals surface area contributed by atoms with E-state index in [-0.39, 0.29) is 11.5 Å². The van der Waals surface area contributed by atoms with Crippen molar-refractivity contribution in [3.63, 3.8) is 0 Å². The molecule has 2 heterocycles. The Kier molecular flexibility index (Phi) is 2.26. The molecule has 0 aliphatic carbocycles. The molecule has 2 aromatic heterocycles. The SMILES string of the molecule is Nc1nc(-c2ccc(Cl)s2)cc(=O)[nH]1. The fraction of sp³-hybridized carbons (Fsp3) is 0. The normalized spacial score (nSPS) is 10.4. The van der Waals surface area contributed by atoms with Gasteiger partial charge in [-0.2, -0.15) is 0 Å². The summed E-state index contributed by atoms with van der Waals surface area (Å²) < 4.78 is 0.653. The van der Waals surface area contributed by atoms with E-state index in [0.717, 1.165) is 4.88 Å². The fourth-order valence-electron chi connectivity index (χ4n) is 1.05. The van der Waals surface area contributed by atoms with E-state index in [0.29, 0.717) is 10.0 Å². The highest BCUT2D eigenvalue weighted by molar-refractivity contribution is 7.19. The number of H-pyrrole nitrogens is 1. The Morgan fingerprint density at radius 3 is 2.86 bits per heavy atom. The molecule has 72 valence electrons. The Morgan fingerprint density at radius 2 is 2.29 bits per heavy atom. The highest BCUT2D eigenvalue weighted by atomic mass is 35.5. The van der Waals surface area contributed by atoms with Gasteiger partial charge in [-0.1, -0.05) is 11.6 Å². The molecule has 6 heteroatoms. The van der Waals surface area contributed by atoms with Crippen LogP contribution in [0.2, 0.25) is 4.34 Å². The van der Waals surface area contributed by atoms with E-state index < -0.39 is 0 Å². The van der Waals surface area contributed by atoms with Crippen LogP contribution < -0.4 is 11.3 Å². The van der Waals surface area contributed by atoms with Crippen LogP contribution in [0.1, 0.15) is 0 Å². The van der Waals surface area contributed by atoms with Gasteiger partial charge in [-0.15, -0.1) is 11.3 Å². The number of nitrogens with two attached hydrogens (primary N) is 1. The molecule has 0 aliphatic heterocycles. The summed E-state index contributed by atoms with van der Waals surface area (Å²) in [6, 6.07) is 4.94. The fourth-order valence-corrected chi connectivity index (χ4v) is 2.06. The average Bonchev–Trinajstić information content (AvgIpc) is 2.50. The molecule has 2 rings (SSSR count). The van der Waals surface area contributed by atoms with Crippen molar-refractivity contribution in [1.82, 2.24) is 9.97 Å². The summed E-state index contributed by atoms with van der Waals surface area (Å²) in [7, 11) is 0. The molecular weight excluding hydrogens is 222 g/mol. The molecule has 0 amide bonds. The van der Waals surface area contributed by atoms with Gasteiger partial charge in [0.15, 0.2) is 0 Å². The van der Waals surface area contributed by atoms with Crippen molar-refractivity contribution in [2.24, 2.45) is 0 Å². The minimum absolute atomic E-state index is 0.108. The lowest BCUT2D eigenvalue weighted by Crippen LogP contribution is -2.09. The predicted octanol–water partition coefficient (Wildman–Crippen LogP) is 1.73. The van der Waals surface area contributed by atoms with Gasteiger partial charge in [0, 0.05) is 6.07 Å². The number of rotatable bonds is 1. The summed E-state index contributed by atoms with van der Waals surface area (Å²) in [5.41, 5.74) is 5.69. The molecule has 0 aromatic carbocycles. The van der Waals surface area contributed by atoms with E-state index >= 15 is 0 Å². The second kappa shape index (κ2) is 3.43. The minimum Gasteiger partial charge on any atom is -0.369 e. The number of halogens is 1. The summed E-state index contributed by atoms with van der Waals surface area (Å²) in [6.07, 6.45) is 0. The third kappa shape index (κ3) is 1.78. The number of aromatic amines is 1. The molecule has 0 radical (unpaired) electrons. The first kappa shape index (κ1) is 9.23. The van der Waals surface area contributed by atoms with Gasteiger partial charge in [0.1, 0.15) is 0 Å². The Balaban J connectivity index is 2.56. The molecule has 2 aromatic rings. The lowest BCUT2D eigenvalue weighted by atomic mass is 10.3. The lowest BCUT2D eigenvalue weighted by molar-refractivity contribution is 1.14. The van der Waals surface area contributed by atoms with Crippen LogP contribution in [0.5, 0.6) is 0 Å². The second-order valence-electron chi connectivity index (χ2n) is 2.62. The van der Waals surface area contributed by atoms with Crippen LogP contribution in [0.3, 0.4) is 0 Å². The summed E-state index contributed by atoms with van der Waals surface area (Å²) in [5, 5.41) is 0. The minimum atomic E-state index is -0.267.